The number of hydrogen-bond acceptors (Lipinski definition) is 17. The summed E-state index contributed by atoms with van der Waals surface area (Å²) in [6, 6.07) is 1.70. The van der Waals surface area contributed by atoms with Gasteiger partial charge in [-0.05, 0) is 6.07 Å². The van der Waals surface area contributed by atoms with Gasteiger partial charge in [0, 0.05) is 12.6 Å². The molecule has 4 N–H and O–H groups in total. The molecule has 4 aliphatic rings. The average Bonchev–Trinajstić information content (AvgIpc) is 3.73. The Kier molecular flexibility index (Phi) is 7.68. The minimum absolute atomic E-state index is 0.0504. The van der Waals surface area contributed by atoms with E-state index in [0.717, 1.165) is 6.33 Å². The Labute approximate surface area is 266 Å². The van der Waals surface area contributed by atoms with Gasteiger partial charge in [-0.2, -0.15) is 5.10 Å². The van der Waals surface area contributed by atoms with Crippen LogP contribution in [0.1, 0.15) is 18.1 Å². The first-order valence-electron chi connectivity index (χ1n) is 14.2. The normalized spacial score (nSPS) is 37.8. The van der Waals surface area contributed by atoms with Gasteiger partial charge in [-0.3, -0.25) is 24.0 Å². The quantitative estimate of drug-likeness (QED) is 0.193. The molecule has 0 aromatic carbocycles. The summed E-state index contributed by atoms with van der Waals surface area (Å²) in [4.78, 5) is 21.8. The van der Waals surface area contributed by atoms with Crippen LogP contribution in [0.2, 0.25) is 0 Å². The number of halogens is 1. The molecule has 8 rings (SSSR count). The molecule has 0 aliphatic carbocycles. The molecular weight excluding hydrogens is 665 g/mol. The van der Waals surface area contributed by atoms with Gasteiger partial charge in [0.2, 0.25) is 15.1 Å². The second-order valence-electron chi connectivity index (χ2n) is 11.1. The van der Waals surface area contributed by atoms with Crippen LogP contribution in [0, 0.1) is 0 Å². The maximum Gasteiger partial charge on any atom is 0.264 e. The minimum Gasteiger partial charge on any atom is -0.385 e. The molecule has 19 nitrogen and oxygen atoms in total. The molecule has 47 heavy (non-hydrogen) atoms. The van der Waals surface area contributed by atoms with Crippen LogP contribution in [0.4, 0.5) is 15.9 Å². The molecule has 244 valence electrons. The third-order valence-corrected chi connectivity index (χ3v) is 10.2. The van der Waals surface area contributed by atoms with Gasteiger partial charge in [-0.25, -0.2) is 29.0 Å². The van der Waals surface area contributed by atoms with Crippen molar-refractivity contribution >= 4 is 63.8 Å². The number of imidazole rings is 1. The molecule has 3 saturated heterocycles. The lowest BCUT2D eigenvalue weighted by atomic mass is 10.1. The van der Waals surface area contributed by atoms with Crippen LogP contribution < -0.4 is 11.2 Å². The average molecular weight is 689 g/mol. The highest BCUT2D eigenvalue weighted by atomic mass is 31.2. The van der Waals surface area contributed by atoms with Crippen molar-refractivity contribution < 1.29 is 51.0 Å². The Morgan fingerprint density at radius 3 is 2.51 bits per heavy atom. The van der Waals surface area contributed by atoms with E-state index in [2.05, 4.69) is 30.5 Å². The number of hydrogen-bond donors (Lipinski definition) is 3. The molecule has 4 aliphatic heterocycles. The van der Waals surface area contributed by atoms with Crippen LogP contribution in [0.25, 0.3) is 22.2 Å². The lowest BCUT2D eigenvalue weighted by Gasteiger charge is -2.30. The summed E-state index contributed by atoms with van der Waals surface area (Å²) in [6.07, 6.45) is -7.83. The van der Waals surface area contributed by atoms with Crippen LogP contribution in [0.15, 0.2) is 24.9 Å². The lowest BCUT2D eigenvalue weighted by Crippen LogP contribution is -2.38. The topological polar surface area (TPSA) is 231 Å². The summed E-state index contributed by atoms with van der Waals surface area (Å²) in [5.74, 6) is 0.0504. The second kappa shape index (κ2) is 11.5. The number of aliphatic hydroxyl groups excluding tert-OH is 1. The zero-order chi connectivity index (χ0) is 32.7. The third kappa shape index (κ3) is 5.46. The van der Waals surface area contributed by atoms with E-state index in [-0.39, 0.29) is 17.0 Å². The van der Waals surface area contributed by atoms with Crippen molar-refractivity contribution in [3.8, 4) is 0 Å². The van der Waals surface area contributed by atoms with Gasteiger partial charge >= 0.3 is 0 Å². The number of nitrogens with zero attached hydrogens (tertiary/aromatic N) is 7. The van der Waals surface area contributed by atoms with Gasteiger partial charge in [-0.1, -0.05) is 0 Å². The Bertz CT molecular complexity index is 1960. The zero-order valence-corrected chi connectivity index (χ0v) is 25.8. The van der Waals surface area contributed by atoms with Gasteiger partial charge in [0.25, 0.3) is 14.9 Å². The molecule has 4 radical (unpaired) electrons. The number of fused-ring (bicyclic) bond motifs is 3. The predicted molar refractivity (Wildman–Crippen MR) is 158 cm³/mol. The fourth-order valence-corrected chi connectivity index (χ4v) is 8.05. The van der Waals surface area contributed by atoms with E-state index in [9.17, 15) is 14.2 Å². The first kappa shape index (κ1) is 31.3. The zero-order valence-electron chi connectivity index (χ0n) is 24.0. The van der Waals surface area contributed by atoms with Crippen molar-refractivity contribution in [3.63, 3.8) is 0 Å². The number of pyridine rings is 1. The van der Waals surface area contributed by atoms with Crippen molar-refractivity contribution in [1.82, 2.24) is 34.3 Å². The van der Waals surface area contributed by atoms with E-state index in [0.29, 0.717) is 35.4 Å². The summed E-state index contributed by atoms with van der Waals surface area (Å²) >= 11 is 0. The van der Waals surface area contributed by atoms with E-state index < -0.39 is 77.3 Å². The fourth-order valence-electron chi connectivity index (χ4n) is 6.03. The number of nitrogen functional groups attached to an aromatic ring is 1. The van der Waals surface area contributed by atoms with Crippen LogP contribution in [-0.2, 0) is 48.0 Å². The molecule has 10 atom stereocenters. The maximum absolute atomic E-state index is 16.0. The highest BCUT2D eigenvalue weighted by Crippen LogP contribution is 2.53. The summed E-state index contributed by atoms with van der Waals surface area (Å²) < 4.78 is 79.2. The molecule has 4 aromatic heterocycles. The minimum atomic E-state index is -4.56. The number of alkyl halides is 1. The molecule has 24 heteroatoms. The Morgan fingerprint density at radius 1 is 1.00 bits per heavy atom. The number of nitrogens with two attached hydrogens (primary N) is 1. The van der Waals surface area contributed by atoms with E-state index >= 15 is 4.39 Å². The Hall–Kier alpha value is -3.03. The molecule has 0 spiro atoms. The van der Waals surface area contributed by atoms with E-state index in [4.69, 9.17) is 53.3 Å². The highest BCUT2D eigenvalue weighted by Gasteiger charge is 2.53. The molecule has 4 aromatic rings. The number of rotatable bonds is 2. The number of nitrogens with one attached hydrogen (secondary N) is 1. The molecule has 4 unspecified atom stereocenters. The van der Waals surface area contributed by atoms with Crippen LogP contribution >= 0.6 is 14.9 Å². The summed E-state index contributed by atoms with van der Waals surface area (Å²) in [5.41, 5.74) is 10.6. The number of aromatic nitrogens is 7. The predicted octanol–water partition coefficient (Wildman–Crippen LogP) is 0.617. The van der Waals surface area contributed by atoms with Crippen LogP contribution in [-0.4, -0.2) is 111 Å². The molecule has 8 heterocycles. The van der Waals surface area contributed by atoms with Crippen molar-refractivity contribution in [3.05, 3.63) is 30.6 Å². The van der Waals surface area contributed by atoms with Gasteiger partial charge < -0.3 is 38.4 Å². The monoisotopic (exact) mass is 689 g/mol. The molecule has 0 bridgehead atoms. The van der Waals surface area contributed by atoms with E-state index in [1.807, 2.05) is 0 Å². The highest BCUT2D eigenvalue weighted by molar-refractivity contribution is 7.79. The largest absolute Gasteiger partial charge is 0.385 e. The van der Waals surface area contributed by atoms with Crippen LogP contribution in [0.3, 0.4) is 0 Å². The number of aliphatic hydroxyl groups is 1. The smallest absolute Gasteiger partial charge is 0.264 e. The van der Waals surface area contributed by atoms with Crippen molar-refractivity contribution in [2.24, 2.45) is 0 Å². The Morgan fingerprint density at radius 2 is 1.72 bits per heavy atom. The summed E-state index contributed by atoms with van der Waals surface area (Å²) in [7, 11) is 2.77. The first-order valence-corrected chi connectivity index (χ1v) is 17.4. The number of anilines is 2. The van der Waals surface area contributed by atoms with Crippen molar-refractivity contribution in [2.45, 2.75) is 55.6 Å². The molecule has 3 fully saturated rings. The van der Waals surface area contributed by atoms with Gasteiger partial charge in [-0.15, -0.1) is 0 Å². The summed E-state index contributed by atoms with van der Waals surface area (Å²) in [6.45, 7) is -0.996. The lowest BCUT2D eigenvalue weighted by molar-refractivity contribution is -0.0592. The van der Waals surface area contributed by atoms with Crippen molar-refractivity contribution in [1.29, 1.82) is 0 Å². The Balaban J connectivity index is 1.08. The first-order chi connectivity index (χ1) is 22.5. The SMILES string of the molecule is [B]P1(=O)OC[C@H]2O[C@@H](n3cnc4c(N)ncnc43)C(F)[C@H]2OP([B])(=O)OC[C@H]2O[C@@H](n3nc4c5c(ccnc53)NOCC4)[C@@H](O)C2O1. The fraction of sp³-hybridized carbons (Fsp3) is 0.522. The summed E-state index contributed by atoms with van der Waals surface area (Å²) in [5, 5.41) is 16.6. The van der Waals surface area contributed by atoms with E-state index in [1.165, 1.54) is 21.8 Å². The van der Waals surface area contributed by atoms with Crippen molar-refractivity contribution in [2.75, 3.05) is 31.0 Å². The molecule has 0 saturated carbocycles. The van der Waals surface area contributed by atoms with Gasteiger partial charge in [0.1, 0.15) is 42.4 Å². The van der Waals surface area contributed by atoms with Gasteiger partial charge in [0.15, 0.2) is 35.7 Å². The van der Waals surface area contributed by atoms with E-state index in [1.54, 1.807) is 6.07 Å². The second-order valence-corrected chi connectivity index (χ2v) is 14.2. The standard InChI is InChI=1S/C23H24B2FN9O10P2/c24-46(37)41-6-12-18(16(36)23(43-12)35-20-13-9(32-35)2-4-39-33-10(13)1-3-28-20)45-47(25,38)40-5-11-17(44-46)14(26)22(42-11)34-8-31-15-19(27)29-7-30-21(15)34/h1,3,7-8,11-12,14,16-18,22-23,33,36H,2,4-6H2,(H2,27,29,30)/t11-,12-,14?,16+,17+,18?,22-,23-,46?,47?/m1/s1. The molecular formula is C23H24B2FN9O10P2. The maximum atomic E-state index is 16.0. The third-order valence-electron chi connectivity index (χ3n) is 8.14. The number of ether oxygens (including phenoxy) is 2. The molecule has 0 amide bonds. The van der Waals surface area contributed by atoms with Gasteiger partial charge in [0.05, 0.1) is 42.9 Å². The van der Waals surface area contributed by atoms with Crippen LogP contribution in [0.5, 0.6) is 0 Å².